The van der Waals surface area contributed by atoms with Crippen molar-refractivity contribution in [1.29, 1.82) is 0 Å². The van der Waals surface area contributed by atoms with E-state index in [9.17, 15) is 4.79 Å². The van der Waals surface area contributed by atoms with Crippen LogP contribution in [0.15, 0.2) is 11.1 Å². The highest BCUT2D eigenvalue weighted by Gasteiger charge is 2.03. The maximum Gasteiger partial charge on any atom is 0.345 e. The fourth-order valence-electron chi connectivity index (χ4n) is 1.78. The van der Waals surface area contributed by atoms with Gasteiger partial charge in [0.05, 0.1) is 0 Å². The number of aryl methyl sites for hydroxylation is 2. The molecule has 5 heteroatoms. The molecule has 1 aromatic heterocycles. The highest BCUT2D eigenvalue weighted by Crippen LogP contribution is 2.01. The van der Waals surface area contributed by atoms with E-state index < -0.39 is 0 Å². The van der Waals surface area contributed by atoms with E-state index >= 15 is 0 Å². The van der Waals surface area contributed by atoms with Crippen LogP contribution in [0.1, 0.15) is 39.5 Å². The third-order valence-electron chi connectivity index (χ3n) is 2.89. The van der Waals surface area contributed by atoms with E-state index in [1.54, 1.807) is 13.4 Å². The van der Waals surface area contributed by atoms with Crippen molar-refractivity contribution in [2.75, 3.05) is 6.54 Å². The summed E-state index contributed by atoms with van der Waals surface area (Å²) in [5.41, 5.74) is -0.0258. The summed E-state index contributed by atoms with van der Waals surface area (Å²) in [6.45, 7) is 6.19. The van der Waals surface area contributed by atoms with Crippen LogP contribution < -0.4 is 11.0 Å². The zero-order valence-electron chi connectivity index (χ0n) is 11.1. The summed E-state index contributed by atoms with van der Waals surface area (Å²) in [5, 5.41) is 7.49. The van der Waals surface area contributed by atoms with E-state index in [2.05, 4.69) is 24.3 Å². The number of aromatic nitrogens is 3. The number of nitrogens with one attached hydrogen (secondary N) is 1. The van der Waals surface area contributed by atoms with Crippen LogP contribution in [0.2, 0.25) is 0 Å². The van der Waals surface area contributed by atoms with E-state index in [1.807, 2.05) is 0 Å². The van der Waals surface area contributed by atoms with Gasteiger partial charge >= 0.3 is 5.69 Å². The normalized spacial score (nSPS) is 12.9. The van der Waals surface area contributed by atoms with Crippen molar-refractivity contribution in [3.8, 4) is 0 Å². The van der Waals surface area contributed by atoms with Gasteiger partial charge in [-0.2, -0.15) is 5.10 Å². The van der Waals surface area contributed by atoms with Gasteiger partial charge in [-0.1, -0.05) is 13.3 Å². The first-order valence-electron chi connectivity index (χ1n) is 6.47. The number of rotatable bonds is 8. The van der Waals surface area contributed by atoms with Gasteiger partial charge in [0.1, 0.15) is 6.33 Å². The van der Waals surface area contributed by atoms with Gasteiger partial charge in [-0.3, -0.25) is 4.57 Å². The first-order chi connectivity index (χ1) is 8.15. The summed E-state index contributed by atoms with van der Waals surface area (Å²) in [4.78, 5) is 11.5. The Bertz CT molecular complexity index is 369. The van der Waals surface area contributed by atoms with Crippen LogP contribution in [0.3, 0.4) is 0 Å². The molecule has 1 atom stereocenters. The molecular formula is C12H24N4O. The fraction of sp³-hybridized carbons (Fsp3) is 0.833. The van der Waals surface area contributed by atoms with Crippen LogP contribution >= 0.6 is 0 Å². The third kappa shape index (κ3) is 4.73. The van der Waals surface area contributed by atoms with Crippen LogP contribution in [0.25, 0.3) is 0 Å². The van der Waals surface area contributed by atoms with Gasteiger partial charge in [0.2, 0.25) is 0 Å². The third-order valence-corrected chi connectivity index (χ3v) is 2.89. The van der Waals surface area contributed by atoms with Crippen molar-refractivity contribution in [1.82, 2.24) is 19.7 Å². The van der Waals surface area contributed by atoms with Crippen LogP contribution in [0.5, 0.6) is 0 Å². The first kappa shape index (κ1) is 14.0. The first-order valence-corrected chi connectivity index (χ1v) is 6.47. The van der Waals surface area contributed by atoms with Gasteiger partial charge in [-0.05, 0) is 32.7 Å². The van der Waals surface area contributed by atoms with Crippen molar-refractivity contribution in [3.63, 3.8) is 0 Å². The zero-order valence-corrected chi connectivity index (χ0v) is 11.1. The molecule has 1 unspecified atom stereocenters. The quantitative estimate of drug-likeness (QED) is 0.693. The molecular weight excluding hydrogens is 216 g/mol. The van der Waals surface area contributed by atoms with Gasteiger partial charge in [0, 0.05) is 19.6 Å². The lowest BCUT2D eigenvalue weighted by atomic mass is 10.1. The second-order valence-electron chi connectivity index (χ2n) is 4.60. The van der Waals surface area contributed by atoms with Gasteiger partial charge in [-0.25, -0.2) is 9.48 Å². The van der Waals surface area contributed by atoms with E-state index in [0.717, 1.165) is 32.4 Å². The Kier molecular flexibility index (Phi) is 5.97. The molecule has 0 aliphatic rings. The fourth-order valence-corrected chi connectivity index (χ4v) is 1.78. The minimum Gasteiger partial charge on any atom is -0.314 e. The number of hydrogen-bond donors (Lipinski definition) is 1. The molecule has 5 nitrogen and oxygen atoms in total. The summed E-state index contributed by atoms with van der Waals surface area (Å²) < 4.78 is 3.04. The van der Waals surface area contributed by atoms with Crippen molar-refractivity contribution in [2.24, 2.45) is 7.05 Å². The predicted molar refractivity (Wildman–Crippen MR) is 69.1 cm³/mol. The molecule has 0 bridgehead atoms. The summed E-state index contributed by atoms with van der Waals surface area (Å²) in [5.74, 6) is 0. The Morgan fingerprint density at radius 3 is 2.82 bits per heavy atom. The Morgan fingerprint density at radius 2 is 2.24 bits per heavy atom. The molecule has 1 aromatic rings. The van der Waals surface area contributed by atoms with E-state index in [-0.39, 0.29) is 5.69 Å². The summed E-state index contributed by atoms with van der Waals surface area (Å²) >= 11 is 0. The van der Waals surface area contributed by atoms with Crippen molar-refractivity contribution in [2.45, 2.75) is 52.1 Å². The Balaban J connectivity index is 2.16. The van der Waals surface area contributed by atoms with Gasteiger partial charge in [0.15, 0.2) is 0 Å². The molecule has 0 radical (unpaired) electrons. The zero-order chi connectivity index (χ0) is 12.7. The van der Waals surface area contributed by atoms with Crippen molar-refractivity contribution >= 4 is 0 Å². The van der Waals surface area contributed by atoms with Crippen LogP contribution in [0, 0.1) is 0 Å². The molecule has 0 aliphatic carbocycles. The Labute approximate surface area is 103 Å². The summed E-state index contributed by atoms with van der Waals surface area (Å²) in [6, 6.07) is 0.565. The lowest BCUT2D eigenvalue weighted by Gasteiger charge is -2.12. The minimum atomic E-state index is -0.0258. The molecule has 98 valence electrons. The molecule has 0 fully saturated rings. The minimum absolute atomic E-state index is 0.0258. The largest absolute Gasteiger partial charge is 0.345 e. The monoisotopic (exact) mass is 240 g/mol. The van der Waals surface area contributed by atoms with Gasteiger partial charge in [0.25, 0.3) is 0 Å². The molecule has 1 heterocycles. The van der Waals surface area contributed by atoms with Crippen molar-refractivity contribution in [3.05, 3.63) is 16.8 Å². The van der Waals surface area contributed by atoms with Crippen molar-refractivity contribution < 1.29 is 0 Å². The Morgan fingerprint density at radius 1 is 1.47 bits per heavy atom. The van der Waals surface area contributed by atoms with Crippen LogP contribution in [0.4, 0.5) is 0 Å². The molecule has 1 rings (SSSR count). The smallest absolute Gasteiger partial charge is 0.314 e. The van der Waals surface area contributed by atoms with Crippen LogP contribution in [-0.2, 0) is 13.6 Å². The maximum absolute atomic E-state index is 11.5. The maximum atomic E-state index is 11.5. The lowest BCUT2D eigenvalue weighted by Crippen LogP contribution is -2.27. The summed E-state index contributed by atoms with van der Waals surface area (Å²) in [7, 11) is 1.72. The number of nitrogens with zero attached hydrogens (tertiary/aromatic N) is 3. The van der Waals surface area contributed by atoms with Crippen LogP contribution in [-0.4, -0.2) is 26.9 Å². The predicted octanol–water partition coefficient (Wildman–Crippen LogP) is 1.14. The highest BCUT2D eigenvalue weighted by molar-refractivity contribution is 4.65. The van der Waals surface area contributed by atoms with Gasteiger partial charge in [-0.15, -0.1) is 0 Å². The van der Waals surface area contributed by atoms with E-state index in [1.165, 1.54) is 15.7 Å². The SMILES string of the molecule is CCCNC(C)CCCCn1ncn(C)c1=O. The van der Waals surface area contributed by atoms with Gasteiger partial charge < -0.3 is 5.32 Å². The number of hydrogen-bond acceptors (Lipinski definition) is 3. The molecule has 0 saturated heterocycles. The molecule has 0 amide bonds. The average molecular weight is 240 g/mol. The standard InChI is InChI=1S/C12H24N4O/c1-4-8-13-11(2)7-5-6-9-16-12(17)15(3)10-14-16/h10-11,13H,4-9H2,1-3H3. The number of unbranched alkanes of at least 4 members (excludes halogenated alkanes) is 1. The molecule has 0 spiro atoms. The topological polar surface area (TPSA) is 51.9 Å². The van der Waals surface area contributed by atoms with E-state index in [0.29, 0.717) is 6.04 Å². The lowest BCUT2D eigenvalue weighted by molar-refractivity contribution is 0.462. The highest BCUT2D eigenvalue weighted by atomic mass is 16.2. The van der Waals surface area contributed by atoms with E-state index in [4.69, 9.17) is 0 Å². The second kappa shape index (κ2) is 7.27. The Hall–Kier alpha value is -1.10. The molecule has 0 aromatic carbocycles. The summed E-state index contributed by atoms with van der Waals surface area (Å²) in [6.07, 6.45) is 6.03. The molecule has 0 aliphatic heterocycles. The molecule has 1 N–H and O–H groups in total. The average Bonchev–Trinajstić information content (AvgIpc) is 2.63. The molecule has 17 heavy (non-hydrogen) atoms. The second-order valence-corrected chi connectivity index (χ2v) is 4.60. The molecule has 0 saturated carbocycles.